The number of carbonyl (C=O) groups excluding carboxylic acids is 1. The second-order valence-corrected chi connectivity index (χ2v) is 6.39. The maximum absolute atomic E-state index is 12.4. The first-order valence-corrected chi connectivity index (χ1v) is 9.24. The molecule has 0 aliphatic heterocycles. The number of benzene rings is 2. The van der Waals surface area contributed by atoms with E-state index in [1.54, 1.807) is 54.6 Å². The standard InChI is InChI=1S/C21H20N6O3/c1-29-17-7-9-18(10-8-17)30-15-26-12-11-19(24-26)20(28)23-21-22-14-27(25-21)13-16-5-3-2-4-6-16/h2-12,14H,13,15H2,1H3,(H,23,25,28). The summed E-state index contributed by atoms with van der Waals surface area (Å²) >= 11 is 0. The molecule has 152 valence electrons. The van der Waals surface area contributed by atoms with Gasteiger partial charge in [0.05, 0.1) is 13.7 Å². The van der Waals surface area contributed by atoms with E-state index >= 15 is 0 Å². The second kappa shape index (κ2) is 8.91. The van der Waals surface area contributed by atoms with Gasteiger partial charge in [0.1, 0.15) is 17.8 Å². The van der Waals surface area contributed by atoms with Crippen LogP contribution in [0.2, 0.25) is 0 Å². The van der Waals surface area contributed by atoms with Gasteiger partial charge >= 0.3 is 0 Å². The molecule has 0 bridgehead atoms. The first kappa shape index (κ1) is 19.2. The monoisotopic (exact) mass is 404 g/mol. The molecule has 4 aromatic rings. The normalized spacial score (nSPS) is 10.6. The summed E-state index contributed by atoms with van der Waals surface area (Å²) in [6.45, 7) is 0.741. The zero-order valence-electron chi connectivity index (χ0n) is 16.3. The molecule has 0 saturated carbocycles. The lowest BCUT2D eigenvalue weighted by Crippen LogP contribution is -2.15. The van der Waals surface area contributed by atoms with Crippen LogP contribution in [0, 0.1) is 0 Å². The predicted molar refractivity (Wildman–Crippen MR) is 109 cm³/mol. The lowest BCUT2D eigenvalue weighted by atomic mass is 10.2. The van der Waals surface area contributed by atoms with Crippen molar-refractivity contribution in [2.24, 2.45) is 0 Å². The van der Waals surface area contributed by atoms with Gasteiger partial charge in [-0.2, -0.15) is 5.10 Å². The van der Waals surface area contributed by atoms with Crippen LogP contribution in [0.15, 0.2) is 73.2 Å². The molecule has 0 radical (unpaired) electrons. The van der Waals surface area contributed by atoms with Crippen molar-refractivity contribution >= 4 is 11.9 Å². The maximum atomic E-state index is 12.4. The number of ether oxygens (including phenoxy) is 2. The molecule has 4 rings (SSSR count). The summed E-state index contributed by atoms with van der Waals surface area (Å²) in [6.07, 6.45) is 3.24. The zero-order valence-corrected chi connectivity index (χ0v) is 16.3. The van der Waals surface area contributed by atoms with Crippen LogP contribution in [-0.4, -0.2) is 37.6 Å². The summed E-state index contributed by atoms with van der Waals surface area (Å²) in [5, 5.41) is 11.1. The number of hydrogen-bond acceptors (Lipinski definition) is 6. The minimum atomic E-state index is -0.393. The van der Waals surface area contributed by atoms with Crippen LogP contribution in [-0.2, 0) is 13.3 Å². The van der Waals surface area contributed by atoms with Gasteiger partial charge in [-0.1, -0.05) is 30.3 Å². The average Bonchev–Trinajstić information content (AvgIpc) is 3.43. The van der Waals surface area contributed by atoms with E-state index in [2.05, 4.69) is 20.5 Å². The molecule has 0 unspecified atom stereocenters. The van der Waals surface area contributed by atoms with Crippen molar-refractivity contribution in [3.05, 3.63) is 84.4 Å². The predicted octanol–water partition coefficient (Wildman–Crippen LogP) is 2.82. The summed E-state index contributed by atoms with van der Waals surface area (Å²) in [7, 11) is 1.61. The molecule has 0 atom stereocenters. The van der Waals surface area contributed by atoms with Gasteiger partial charge in [0.15, 0.2) is 12.4 Å². The summed E-state index contributed by atoms with van der Waals surface area (Å²) in [5.74, 6) is 1.25. The van der Waals surface area contributed by atoms with E-state index in [1.165, 1.54) is 4.68 Å². The Balaban J connectivity index is 1.31. The number of carbonyl (C=O) groups is 1. The van der Waals surface area contributed by atoms with E-state index in [-0.39, 0.29) is 18.4 Å². The molecule has 0 spiro atoms. The summed E-state index contributed by atoms with van der Waals surface area (Å²) in [6, 6.07) is 18.7. The SMILES string of the molecule is COc1ccc(OCn2ccc(C(=O)Nc3ncn(Cc4ccccc4)n3)n2)cc1. The highest BCUT2D eigenvalue weighted by Crippen LogP contribution is 2.17. The van der Waals surface area contributed by atoms with E-state index < -0.39 is 5.91 Å². The minimum absolute atomic E-state index is 0.170. The highest BCUT2D eigenvalue weighted by atomic mass is 16.5. The average molecular weight is 404 g/mol. The summed E-state index contributed by atoms with van der Waals surface area (Å²) in [4.78, 5) is 16.5. The first-order valence-electron chi connectivity index (χ1n) is 9.24. The largest absolute Gasteiger partial charge is 0.497 e. The number of aromatic nitrogens is 5. The van der Waals surface area contributed by atoms with Crippen molar-refractivity contribution in [2.45, 2.75) is 13.3 Å². The number of methoxy groups -OCH3 is 1. The Labute approximate surface area is 172 Å². The molecule has 9 heteroatoms. The van der Waals surface area contributed by atoms with Crippen LogP contribution < -0.4 is 14.8 Å². The third-order valence-corrected chi connectivity index (χ3v) is 4.25. The van der Waals surface area contributed by atoms with Crippen LogP contribution in [0.4, 0.5) is 5.95 Å². The topological polar surface area (TPSA) is 96.1 Å². The number of anilines is 1. The van der Waals surface area contributed by atoms with Gasteiger partial charge in [-0.3, -0.25) is 10.1 Å². The van der Waals surface area contributed by atoms with Gasteiger partial charge in [0.25, 0.3) is 5.91 Å². The molecular formula is C21H20N6O3. The van der Waals surface area contributed by atoms with Crippen LogP contribution in [0.3, 0.4) is 0 Å². The van der Waals surface area contributed by atoms with E-state index in [0.717, 1.165) is 11.3 Å². The zero-order chi connectivity index (χ0) is 20.8. The number of amides is 1. The molecule has 0 saturated heterocycles. The Kier molecular flexibility index (Phi) is 5.70. The number of nitrogens with one attached hydrogen (secondary N) is 1. The number of hydrogen-bond donors (Lipinski definition) is 1. The van der Waals surface area contributed by atoms with Crippen molar-refractivity contribution in [3.63, 3.8) is 0 Å². The smallest absolute Gasteiger partial charge is 0.278 e. The highest BCUT2D eigenvalue weighted by Gasteiger charge is 2.12. The van der Waals surface area contributed by atoms with Crippen LogP contribution in [0.25, 0.3) is 0 Å². The fraction of sp³-hybridized carbons (Fsp3) is 0.143. The molecule has 0 aliphatic carbocycles. The van der Waals surface area contributed by atoms with Gasteiger partial charge < -0.3 is 9.47 Å². The minimum Gasteiger partial charge on any atom is -0.497 e. The Morgan fingerprint density at radius 1 is 0.967 bits per heavy atom. The molecule has 2 aromatic heterocycles. The molecule has 1 N–H and O–H groups in total. The fourth-order valence-corrected chi connectivity index (χ4v) is 2.73. The van der Waals surface area contributed by atoms with Crippen molar-refractivity contribution in [1.29, 1.82) is 0 Å². The van der Waals surface area contributed by atoms with Crippen LogP contribution in [0.1, 0.15) is 16.1 Å². The van der Waals surface area contributed by atoms with Crippen molar-refractivity contribution in [1.82, 2.24) is 24.5 Å². The van der Waals surface area contributed by atoms with Crippen molar-refractivity contribution in [3.8, 4) is 11.5 Å². The Bertz CT molecular complexity index is 1110. The first-order chi connectivity index (χ1) is 14.7. The van der Waals surface area contributed by atoms with E-state index in [0.29, 0.717) is 12.3 Å². The number of rotatable bonds is 8. The lowest BCUT2D eigenvalue weighted by Gasteiger charge is -2.06. The lowest BCUT2D eigenvalue weighted by molar-refractivity contribution is 0.101. The quantitative estimate of drug-likeness (QED) is 0.485. The molecule has 2 aromatic carbocycles. The molecule has 2 heterocycles. The van der Waals surface area contributed by atoms with Gasteiger partial charge in [0.2, 0.25) is 5.95 Å². The van der Waals surface area contributed by atoms with Crippen LogP contribution >= 0.6 is 0 Å². The van der Waals surface area contributed by atoms with Gasteiger partial charge in [0, 0.05) is 6.20 Å². The third-order valence-electron chi connectivity index (χ3n) is 4.25. The van der Waals surface area contributed by atoms with Gasteiger partial charge in [-0.05, 0) is 35.9 Å². The second-order valence-electron chi connectivity index (χ2n) is 6.39. The Morgan fingerprint density at radius 2 is 1.73 bits per heavy atom. The molecule has 9 nitrogen and oxygen atoms in total. The Hall–Kier alpha value is -4.14. The van der Waals surface area contributed by atoms with Crippen molar-refractivity contribution in [2.75, 3.05) is 12.4 Å². The number of nitrogens with zero attached hydrogens (tertiary/aromatic N) is 5. The third kappa shape index (κ3) is 4.82. The summed E-state index contributed by atoms with van der Waals surface area (Å²) < 4.78 is 13.9. The van der Waals surface area contributed by atoms with Crippen LogP contribution in [0.5, 0.6) is 11.5 Å². The maximum Gasteiger partial charge on any atom is 0.278 e. The fourth-order valence-electron chi connectivity index (χ4n) is 2.73. The van der Waals surface area contributed by atoms with Crippen molar-refractivity contribution < 1.29 is 14.3 Å². The molecule has 30 heavy (non-hydrogen) atoms. The molecule has 0 aliphatic rings. The van der Waals surface area contributed by atoms with E-state index in [9.17, 15) is 4.79 Å². The van der Waals surface area contributed by atoms with E-state index in [4.69, 9.17) is 9.47 Å². The highest BCUT2D eigenvalue weighted by molar-refractivity contribution is 6.01. The van der Waals surface area contributed by atoms with Gasteiger partial charge in [-0.25, -0.2) is 14.3 Å². The van der Waals surface area contributed by atoms with E-state index in [1.807, 2.05) is 30.3 Å². The Morgan fingerprint density at radius 3 is 2.50 bits per heavy atom. The summed E-state index contributed by atoms with van der Waals surface area (Å²) in [5.41, 5.74) is 1.34. The van der Waals surface area contributed by atoms with Gasteiger partial charge in [-0.15, -0.1) is 5.10 Å². The molecular weight excluding hydrogens is 384 g/mol. The molecule has 1 amide bonds. The molecule has 0 fully saturated rings.